The number of carbonyl (C=O) groups excluding carboxylic acids is 1. The summed E-state index contributed by atoms with van der Waals surface area (Å²) < 4.78 is 81.4. The van der Waals surface area contributed by atoms with Gasteiger partial charge in [-0.2, -0.15) is 21.6 Å². The Kier molecular flexibility index (Phi) is 4.25. The zero-order valence-corrected chi connectivity index (χ0v) is 8.75. The normalized spacial score (nSPS) is 13.6. The van der Waals surface area contributed by atoms with Crippen LogP contribution in [0.3, 0.4) is 0 Å². The number of hydrogen-bond donors (Lipinski definition) is 1. The van der Waals surface area contributed by atoms with Crippen LogP contribution in [0.1, 0.15) is 19.8 Å². The van der Waals surface area contributed by atoms with Crippen LogP contribution < -0.4 is 4.72 Å². The molecule has 0 aromatic carbocycles. The first kappa shape index (κ1) is 15.1. The number of sulfonamides is 1. The summed E-state index contributed by atoms with van der Waals surface area (Å²) in [5.74, 6) is -5.44. The molecule has 0 heterocycles. The maximum Gasteiger partial charge on any atom is 0.516 e. The van der Waals surface area contributed by atoms with E-state index in [1.54, 1.807) is 0 Å². The summed E-state index contributed by atoms with van der Waals surface area (Å²) in [7, 11) is -5.91. The molecule has 0 rings (SSSR count). The van der Waals surface area contributed by atoms with Gasteiger partial charge < -0.3 is 0 Å². The van der Waals surface area contributed by atoms with Gasteiger partial charge in [-0.25, -0.2) is 13.5 Å². The molecule has 0 aliphatic heterocycles. The van der Waals surface area contributed by atoms with Crippen molar-refractivity contribution >= 4 is 15.9 Å². The number of carbonyl (C=O) groups is 1. The highest BCUT2D eigenvalue weighted by Crippen LogP contribution is 2.24. The Hall–Kier alpha value is -0.930. The molecule has 0 bridgehead atoms. The van der Waals surface area contributed by atoms with Gasteiger partial charge in [-0.15, -0.1) is 0 Å². The predicted molar refractivity (Wildman–Crippen MR) is 43.0 cm³/mol. The van der Waals surface area contributed by atoms with Crippen molar-refractivity contribution in [2.24, 2.45) is 0 Å². The summed E-state index contributed by atoms with van der Waals surface area (Å²) in [6.07, 6.45) is -2.40. The number of hydrogen-bond acceptors (Lipinski definition) is 3. The second-order valence-corrected chi connectivity index (χ2v) is 4.53. The number of amides is 1. The Labute approximate surface area is 87.9 Å². The molecule has 1 N–H and O–H groups in total. The highest BCUT2D eigenvalue weighted by atomic mass is 32.2. The van der Waals surface area contributed by atoms with Crippen LogP contribution >= 0.6 is 0 Å². The second-order valence-electron chi connectivity index (χ2n) is 2.86. The fourth-order valence-corrected chi connectivity index (χ4v) is 1.09. The van der Waals surface area contributed by atoms with Gasteiger partial charge >= 0.3 is 15.5 Å². The van der Waals surface area contributed by atoms with Crippen LogP contribution in [0.2, 0.25) is 0 Å². The van der Waals surface area contributed by atoms with E-state index in [4.69, 9.17) is 0 Å². The average Bonchev–Trinajstić information content (AvgIpc) is 1.99. The summed E-state index contributed by atoms with van der Waals surface area (Å²) in [6.45, 7) is 1.01. The predicted octanol–water partition coefficient (Wildman–Crippen LogP) is 1.39. The molecular formula is C6H8F5NO3S. The first-order valence-corrected chi connectivity index (χ1v) is 5.39. The first-order chi connectivity index (χ1) is 6.91. The van der Waals surface area contributed by atoms with Crippen LogP contribution in [0.5, 0.6) is 0 Å². The lowest BCUT2D eigenvalue weighted by Gasteiger charge is -2.14. The largest absolute Gasteiger partial charge is 0.516 e. The molecule has 0 spiro atoms. The smallest absolute Gasteiger partial charge is 0.274 e. The van der Waals surface area contributed by atoms with Crippen molar-refractivity contribution in [1.82, 2.24) is 4.72 Å². The standard InChI is InChI=1S/C6H8F5NO3S/c1-2-5(7,8)3-4(13)12-16(14,15)6(9,10)11/h2-3H2,1H3,(H,12,13). The molecule has 16 heavy (non-hydrogen) atoms. The van der Waals surface area contributed by atoms with Crippen LogP contribution in [-0.2, 0) is 14.8 Å². The molecule has 0 aliphatic carbocycles. The molecule has 0 saturated heterocycles. The lowest BCUT2D eigenvalue weighted by Crippen LogP contribution is -2.42. The van der Waals surface area contributed by atoms with Gasteiger partial charge in [-0.05, 0) is 0 Å². The SMILES string of the molecule is CCC(F)(F)CC(=O)NS(=O)(=O)C(F)(F)F. The van der Waals surface area contributed by atoms with E-state index in [1.165, 1.54) is 0 Å². The maximum atomic E-state index is 12.5. The van der Waals surface area contributed by atoms with Crippen molar-refractivity contribution in [3.8, 4) is 0 Å². The fraction of sp³-hybridized carbons (Fsp3) is 0.833. The molecule has 0 atom stereocenters. The summed E-state index contributed by atoms with van der Waals surface area (Å²) in [5.41, 5.74) is -5.70. The molecule has 4 nitrogen and oxygen atoms in total. The lowest BCUT2D eigenvalue weighted by atomic mass is 10.2. The lowest BCUT2D eigenvalue weighted by molar-refractivity contribution is -0.127. The van der Waals surface area contributed by atoms with Crippen LogP contribution in [0.25, 0.3) is 0 Å². The van der Waals surface area contributed by atoms with Crippen molar-refractivity contribution in [2.75, 3.05) is 0 Å². The molecule has 0 saturated carbocycles. The van der Waals surface area contributed by atoms with E-state index in [2.05, 4.69) is 0 Å². The van der Waals surface area contributed by atoms with Crippen molar-refractivity contribution in [2.45, 2.75) is 31.2 Å². The zero-order chi connectivity index (χ0) is 13.2. The second kappa shape index (κ2) is 4.52. The molecule has 0 aromatic rings. The maximum absolute atomic E-state index is 12.5. The third-order valence-electron chi connectivity index (χ3n) is 1.49. The van der Waals surface area contributed by atoms with Gasteiger partial charge in [0, 0.05) is 6.42 Å². The van der Waals surface area contributed by atoms with E-state index in [-0.39, 0.29) is 0 Å². The van der Waals surface area contributed by atoms with Crippen LogP contribution in [-0.4, -0.2) is 25.8 Å². The Morgan fingerprint density at radius 2 is 1.62 bits per heavy atom. The van der Waals surface area contributed by atoms with E-state index in [0.29, 0.717) is 4.72 Å². The highest BCUT2D eigenvalue weighted by molar-refractivity contribution is 7.90. The number of nitrogens with one attached hydrogen (secondary N) is 1. The minimum Gasteiger partial charge on any atom is -0.274 e. The monoisotopic (exact) mass is 269 g/mol. The van der Waals surface area contributed by atoms with E-state index in [1.807, 2.05) is 0 Å². The van der Waals surface area contributed by atoms with Gasteiger partial charge in [0.15, 0.2) is 0 Å². The number of rotatable bonds is 4. The Bertz CT molecular complexity index is 361. The Morgan fingerprint density at radius 3 is 1.94 bits per heavy atom. The highest BCUT2D eigenvalue weighted by Gasteiger charge is 2.47. The summed E-state index contributed by atoms with van der Waals surface area (Å²) >= 11 is 0. The molecular weight excluding hydrogens is 261 g/mol. The minimum atomic E-state index is -5.91. The van der Waals surface area contributed by atoms with E-state index in [9.17, 15) is 35.2 Å². The average molecular weight is 269 g/mol. The van der Waals surface area contributed by atoms with E-state index in [0.717, 1.165) is 6.92 Å². The number of halogens is 5. The molecule has 0 unspecified atom stereocenters. The van der Waals surface area contributed by atoms with Crippen molar-refractivity contribution in [3.63, 3.8) is 0 Å². The van der Waals surface area contributed by atoms with Gasteiger partial charge in [-0.1, -0.05) is 6.92 Å². The van der Waals surface area contributed by atoms with Gasteiger partial charge in [0.2, 0.25) is 5.91 Å². The summed E-state index contributed by atoms with van der Waals surface area (Å²) in [5, 5.41) is 0. The number of alkyl halides is 5. The molecule has 0 aromatic heterocycles. The molecule has 96 valence electrons. The topological polar surface area (TPSA) is 63.2 Å². The van der Waals surface area contributed by atoms with Gasteiger partial charge in [0.05, 0.1) is 6.42 Å². The molecule has 1 amide bonds. The molecule has 0 fully saturated rings. The van der Waals surface area contributed by atoms with E-state index < -0.39 is 40.2 Å². The Morgan fingerprint density at radius 1 is 1.19 bits per heavy atom. The fourth-order valence-electron chi connectivity index (χ4n) is 0.604. The van der Waals surface area contributed by atoms with Gasteiger partial charge in [0.25, 0.3) is 5.92 Å². The van der Waals surface area contributed by atoms with Crippen molar-refractivity contribution < 1.29 is 35.2 Å². The van der Waals surface area contributed by atoms with Gasteiger partial charge in [0.1, 0.15) is 0 Å². The van der Waals surface area contributed by atoms with Crippen LogP contribution in [0.15, 0.2) is 0 Å². The third-order valence-corrected chi connectivity index (χ3v) is 2.60. The molecule has 0 aliphatic rings. The quantitative estimate of drug-likeness (QED) is 0.784. The van der Waals surface area contributed by atoms with Crippen molar-refractivity contribution in [3.05, 3.63) is 0 Å². The summed E-state index contributed by atoms with van der Waals surface area (Å²) in [6, 6.07) is 0. The van der Waals surface area contributed by atoms with E-state index >= 15 is 0 Å². The third kappa shape index (κ3) is 4.29. The van der Waals surface area contributed by atoms with Crippen LogP contribution in [0, 0.1) is 0 Å². The van der Waals surface area contributed by atoms with Crippen LogP contribution in [0.4, 0.5) is 22.0 Å². The molecule has 10 heteroatoms. The molecule has 0 radical (unpaired) electrons. The first-order valence-electron chi connectivity index (χ1n) is 3.91. The summed E-state index contributed by atoms with van der Waals surface area (Å²) in [4.78, 5) is 10.6. The minimum absolute atomic E-state index is 0.515. The van der Waals surface area contributed by atoms with Gasteiger partial charge in [-0.3, -0.25) is 4.79 Å². The van der Waals surface area contributed by atoms with Crippen molar-refractivity contribution in [1.29, 1.82) is 0 Å². The zero-order valence-electron chi connectivity index (χ0n) is 7.94. The Balaban J connectivity index is 4.61.